The molecule has 2 aromatic heterocycles. The highest BCUT2D eigenvalue weighted by molar-refractivity contribution is 6.00. The second kappa shape index (κ2) is 10.3. The van der Waals surface area contributed by atoms with E-state index in [0.29, 0.717) is 24.4 Å². The average molecular weight is 505 g/mol. The van der Waals surface area contributed by atoms with Crippen LogP contribution in [0.2, 0.25) is 0 Å². The molecule has 0 radical (unpaired) electrons. The van der Waals surface area contributed by atoms with E-state index in [1.807, 2.05) is 12.1 Å². The normalized spacial score (nSPS) is 26.3. The highest BCUT2D eigenvalue weighted by Crippen LogP contribution is 2.44. The van der Waals surface area contributed by atoms with Crippen LogP contribution in [-0.4, -0.2) is 63.8 Å². The fourth-order valence-corrected chi connectivity index (χ4v) is 6.26. The van der Waals surface area contributed by atoms with Crippen molar-refractivity contribution in [2.24, 2.45) is 11.7 Å². The Labute approximate surface area is 217 Å². The second-order valence-corrected chi connectivity index (χ2v) is 10.8. The molecule has 2 aliphatic heterocycles. The van der Waals surface area contributed by atoms with Crippen molar-refractivity contribution in [1.29, 1.82) is 0 Å². The predicted molar refractivity (Wildman–Crippen MR) is 142 cm³/mol. The minimum atomic E-state index is -0.195. The first-order valence-electron chi connectivity index (χ1n) is 13.6. The lowest BCUT2D eigenvalue weighted by atomic mass is 9.79. The van der Waals surface area contributed by atoms with Crippen molar-refractivity contribution < 1.29 is 14.3 Å². The number of aromatic nitrogens is 3. The van der Waals surface area contributed by atoms with Crippen molar-refractivity contribution in [2.75, 3.05) is 32.0 Å². The largest absolute Gasteiger partial charge is 0.491 e. The lowest BCUT2D eigenvalue weighted by Gasteiger charge is -2.39. The standard InChI is InChI=1S/C28H36N6O3/c29-26-25-23(19-5-3-7-21(13-19)37-16-22-6-1-2-10-36-22)15-34(28(25)32-17-31-26)20-11-18(12-20)14-33-9-4-8-24(33)27(30)35/h3,5,7,13,15,17-18,20,22,24H,1-2,4,6,8-12,14,16H2,(H2,30,35)(H2,29,31,32)/t18-,20-,22-,24?/m0/s1. The van der Waals surface area contributed by atoms with Gasteiger partial charge in [0.05, 0.1) is 17.5 Å². The Balaban J connectivity index is 1.20. The van der Waals surface area contributed by atoms with Gasteiger partial charge in [-0.25, -0.2) is 9.97 Å². The van der Waals surface area contributed by atoms with Crippen LogP contribution < -0.4 is 16.2 Å². The molecule has 1 unspecified atom stereocenters. The van der Waals surface area contributed by atoms with Crippen molar-refractivity contribution in [1.82, 2.24) is 19.4 Å². The number of nitrogens with two attached hydrogens (primary N) is 2. The van der Waals surface area contributed by atoms with Crippen molar-refractivity contribution >= 4 is 22.8 Å². The number of amides is 1. The Hall–Kier alpha value is -3.17. The number of nitrogen functional groups attached to an aromatic ring is 1. The molecule has 1 saturated carbocycles. The molecule has 3 aromatic rings. The van der Waals surface area contributed by atoms with Gasteiger partial charge in [0.25, 0.3) is 0 Å². The molecule has 1 aliphatic carbocycles. The number of fused-ring (bicyclic) bond motifs is 1. The van der Waals surface area contributed by atoms with Gasteiger partial charge in [-0.05, 0) is 75.1 Å². The van der Waals surface area contributed by atoms with E-state index in [0.717, 1.165) is 86.1 Å². The maximum Gasteiger partial charge on any atom is 0.234 e. The van der Waals surface area contributed by atoms with E-state index >= 15 is 0 Å². The molecule has 0 bridgehead atoms. The van der Waals surface area contributed by atoms with Crippen LogP contribution in [0.15, 0.2) is 36.8 Å². The van der Waals surface area contributed by atoms with Gasteiger partial charge in [-0.15, -0.1) is 0 Å². The third kappa shape index (κ3) is 4.90. The number of anilines is 1. The van der Waals surface area contributed by atoms with E-state index in [9.17, 15) is 4.79 Å². The molecule has 4 N–H and O–H groups in total. The van der Waals surface area contributed by atoms with Gasteiger partial charge in [0.15, 0.2) is 0 Å². The van der Waals surface area contributed by atoms with Crippen LogP contribution in [-0.2, 0) is 9.53 Å². The Morgan fingerprint density at radius 3 is 2.86 bits per heavy atom. The van der Waals surface area contributed by atoms with Gasteiger partial charge in [-0.2, -0.15) is 0 Å². The molecular formula is C28H36N6O3. The van der Waals surface area contributed by atoms with E-state index in [2.05, 4.69) is 37.8 Å². The first-order chi connectivity index (χ1) is 18.1. The number of hydrogen-bond donors (Lipinski definition) is 2. The topological polar surface area (TPSA) is 122 Å². The summed E-state index contributed by atoms with van der Waals surface area (Å²) < 4.78 is 14.2. The lowest BCUT2D eigenvalue weighted by Crippen LogP contribution is -2.44. The number of carbonyl (C=O) groups is 1. The van der Waals surface area contributed by atoms with Crippen LogP contribution >= 0.6 is 0 Å². The van der Waals surface area contributed by atoms with Gasteiger partial charge in [0.1, 0.15) is 30.1 Å². The van der Waals surface area contributed by atoms with Crippen LogP contribution in [0, 0.1) is 5.92 Å². The molecule has 37 heavy (non-hydrogen) atoms. The predicted octanol–water partition coefficient (Wildman–Crippen LogP) is 3.53. The zero-order chi connectivity index (χ0) is 25.4. The number of nitrogens with zero attached hydrogens (tertiary/aromatic N) is 4. The van der Waals surface area contributed by atoms with Gasteiger partial charge in [-0.3, -0.25) is 9.69 Å². The number of rotatable bonds is 8. The highest BCUT2D eigenvalue weighted by atomic mass is 16.5. The highest BCUT2D eigenvalue weighted by Gasteiger charge is 2.37. The van der Waals surface area contributed by atoms with Crippen molar-refractivity contribution in [3.63, 3.8) is 0 Å². The number of ether oxygens (including phenoxy) is 2. The monoisotopic (exact) mass is 504 g/mol. The van der Waals surface area contributed by atoms with Crippen LogP contribution in [0.25, 0.3) is 22.2 Å². The molecule has 0 spiro atoms. The van der Waals surface area contributed by atoms with E-state index in [4.69, 9.17) is 20.9 Å². The molecule has 9 nitrogen and oxygen atoms in total. The summed E-state index contributed by atoms with van der Waals surface area (Å²) >= 11 is 0. The van der Waals surface area contributed by atoms with Crippen LogP contribution in [0.4, 0.5) is 5.82 Å². The van der Waals surface area contributed by atoms with Crippen molar-refractivity contribution in [3.8, 4) is 16.9 Å². The molecule has 3 fully saturated rings. The second-order valence-electron chi connectivity index (χ2n) is 10.8. The smallest absolute Gasteiger partial charge is 0.234 e. The zero-order valence-electron chi connectivity index (χ0n) is 21.2. The third-order valence-electron chi connectivity index (χ3n) is 8.28. The van der Waals surface area contributed by atoms with E-state index < -0.39 is 0 Å². The maximum absolute atomic E-state index is 11.8. The molecule has 6 rings (SSSR count). The summed E-state index contributed by atoms with van der Waals surface area (Å²) in [4.78, 5) is 23.0. The summed E-state index contributed by atoms with van der Waals surface area (Å²) in [6, 6.07) is 8.38. The quantitative estimate of drug-likeness (QED) is 0.481. The fraction of sp³-hybridized carbons (Fsp3) is 0.536. The number of benzene rings is 1. The van der Waals surface area contributed by atoms with E-state index in [1.165, 1.54) is 6.42 Å². The Bertz CT molecular complexity index is 1260. The summed E-state index contributed by atoms with van der Waals surface area (Å²) in [6.45, 7) is 3.27. The molecule has 2 atom stereocenters. The number of likely N-dealkylation sites (tertiary alicyclic amines) is 1. The third-order valence-corrected chi connectivity index (χ3v) is 8.28. The first kappa shape index (κ1) is 24.2. The molecule has 9 heteroatoms. The first-order valence-corrected chi connectivity index (χ1v) is 13.6. The molecule has 2 saturated heterocycles. The van der Waals surface area contributed by atoms with Gasteiger partial charge < -0.3 is 25.5 Å². The molecule has 196 valence electrons. The summed E-state index contributed by atoms with van der Waals surface area (Å²) in [7, 11) is 0. The van der Waals surface area contributed by atoms with Gasteiger partial charge >= 0.3 is 0 Å². The molecule has 1 amide bonds. The number of primary amides is 1. The summed E-state index contributed by atoms with van der Waals surface area (Å²) in [6.07, 6.45) is 11.2. The average Bonchev–Trinajstić information content (AvgIpc) is 3.51. The minimum absolute atomic E-state index is 0.107. The zero-order valence-corrected chi connectivity index (χ0v) is 21.2. The molecule has 1 aromatic carbocycles. The molecule has 3 aliphatic rings. The van der Waals surface area contributed by atoms with Gasteiger partial charge in [-0.1, -0.05) is 12.1 Å². The van der Waals surface area contributed by atoms with Gasteiger partial charge in [0, 0.05) is 31.0 Å². The molecule has 4 heterocycles. The minimum Gasteiger partial charge on any atom is -0.491 e. The fourth-order valence-electron chi connectivity index (χ4n) is 6.26. The van der Waals surface area contributed by atoms with Crippen LogP contribution in [0.5, 0.6) is 5.75 Å². The number of carbonyl (C=O) groups excluding carboxylic acids is 1. The van der Waals surface area contributed by atoms with Crippen molar-refractivity contribution in [3.05, 3.63) is 36.8 Å². The van der Waals surface area contributed by atoms with E-state index in [-0.39, 0.29) is 18.1 Å². The van der Waals surface area contributed by atoms with Crippen LogP contribution in [0.3, 0.4) is 0 Å². The Kier molecular flexibility index (Phi) is 6.73. The molecular weight excluding hydrogens is 468 g/mol. The Morgan fingerprint density at radius 1 is 1.16 bits per heavy atom. The lowest BCUT2D eigenvalue weighted by molar-refractivity contribution is -0.122. The summed E-state index contributed by atoms with van der Waals surface area (Å²) in [5.41, 5.74) is 14.9. The van der Waals surface area contributed by atoms with Crippen LogP contribution in [0.1, 0.15) is 51.0 Å². The summed E-state index contributed by atoms with van der Waals surface area (Å²) in [5.74, 6) is 1.65. The SMILES string of the molecule is NC(=O)C1CCCN1C[C@H]1C[C@H](n2cc(-c3cccc(OC[C@@H]4CCCCO4)c3)c3c(N)ncnc32)C1. The van der Waals surface area contributed by atoms with Crippen molar-refractivity contribution in [2.45, 2.75) is 63.1 Å². The van der Waals surface area contributed by atoms with E-state index in [1.54, 1.807) is 6.33 Å². The van der Waals surface area contributed by atoms with Gasteiger partial charge in [0.2, 0.25) is 5.91 Å². The maximum atomic E-state index is 11.8. The Morgan fingerprint density at radius 2 is 2.05 bits per heavy atom. The summed E-state index contributed by atoms with van der Waals surface area (Å²) in [5, 5.41) is 0.882. The number of hydrogen-bond acceptors (Lipinski definition) is 7.